The molecule has 0 unspecified atom stereocenters. The number of carbonyl (C=O) groups excluding carboxylic acids is 1. The molecular formula is C24H29N5O4. The number of hydrogen-bond donors (Lipinski definition) is 1. The summed E-state index contributed by atoms with van der Waals surface area (Å²) in [5, 5.41) is 7.01. The fraction of sp³-hybridized carbons (Fsp3) is 0.375. The number of nitrogens with zero attached hydrogens (tertiary/aromatic N) is 4. The summed E-state index contributed by atoms with van der Waals surface area (Å²) >= 11 is 0. The van der Waals surface area contributed by atoms with E-state index in [2.05, 4.69) is 32.5 Å². The molecule has 1 N–H and O–H groups in total. The SMILES string of the molecule is COc1ccc(NC(=O)N2CCN(c3ccc(-c4noc(C(C)C)n4)cc3)CC2)c(OC)c1. The van der Waals surface area contributed by atoms with E-state index in [1.54, 1.807) is 37.3 Å². The van der Waals surface area contributed by atoms with Gasteiger partial charge in [0.25, 0.3) is 0 Å². The first-order valence-corrected chi connectivity index (χ1v) is 11.0. The van der Waals surface area contributed by atoms with Crippen LogP contribution in [-0.4, -0.2) is 61.5 Å². The number of amides is 2. The van der Waals surface area contributed by atoms with Crippen molar-refractivity contribution < 1.29 is 18.8 Å². The number of urea groups is 1. The van der Waals surface area contributed by atoms with Crippen LogP contribution in [0.1, 0.15) is 25.7 Å². The second kappa shape index (κ2) is 9.81. The predicted molar refractivity (Wildman–Crippen MR) is 126 cm³/mol. The monoisotopic (exact) mass is 451 g/mol. The zero-order valence-corrected chi connectivity index (χ0v) is 19.4. The number of methoxy groups -OCH3 is 2. The molecule has 174 valence electrons. The smallest absolute Gasteiger partial charge is 0.322 e. The van der Waals surface area contributed by atoms with Crippen LogP contribution in [0.3, 0.4) is 0 Å². The molecule has 0 bridgehead atoms. The first-order valence-electron chi connectivity index (χ1n) is 11.0. The molecule has 33 heavy (non-hydrogen) atoms. The summed E-state index contributed by atoms with van der Waals surface area (Å²) in [4.78, 5) is 21.3. The van der Waals surface area contributed by atoms with Gasteiger partial charge in [0, 0.05) is 49.4 Å². The normalized spacial score (nSPS) is 13.8. The van der Waals surface area contributed by atoms with Crippen molar-refractivity contribution in [3.05, 3.63) is 48.4 Å². The van der Waals surface area contributed by atoms with Gasteiger partial charge in [0.1, 0.15) is 11.5 Å². The molecule has 9 heteroatoms. The molecule has 0 aliphatic carbocycles. The number of hydrogen-bond acceptors (Lipinski definition) is 7. The fourth-order valence-corrected chi connectivity index (χ4v) is 3.67. The highest BCUT2D eigenvalue weighted by Gasteiger charge is 2.22. The molecule has 0 saturated carbocycles. The minimum atomic E-state index is -0.147. The number of aromatic nitrogens is 2. The second-order valence-electron chi connectivity index (χ2n) is 8.13. The standard InChI is InChI=1S/C24H29N5O4/c1-16(2)23-26-22(27-33-23)17-5-7-18(8-6-17)28-11-13-29(14-12-28)24(30)25-20-10-9-19(31-3)15-21(20)32-4/h5-10,15-16H,11-14H2,1-4H3,(H,25,30). The van der Waals surface area contributed by atoms with Crippen LogP contribution in [0.2, 0.25) is 0 Å². The Balaban J connectivity index is 1.34. The number of nitrogens with one attached hydrogen (secondary N) is 1. The van der Waals surface area contributed by atoms with E-state index in [0.29, 0.717) is 42.0 Å². The molecule has 2 aromatic carbocycles. The maximum Gasteiger partial charge on any atom is 0.322 e. The average Bonchev–Trinajstić information content (AvgIpc) is 3.35. The molecule has 0 spiro atoms. The zero-order valence-electron chi connectivity index (χ0n) is 19.4. The third kappa shape index (κ3) is 5.02. The van der Waals surface area contributed by atoms with Gasteiger partial charge in [-0.25, -0.2) is 4.79 Å². The number of benzene rings is 2. The third-order valence-corrected chi connectivity index (χ3v) is 5.64. The predicted octanol–water partition coefficient (Wildman–Crippen LogP) is 4.23. The number of carbonyl (C=O) groups is 1. The molecule has 1 saturated heterocycles. The summed E-state index contributed by atoms with van der Waals surface area (Å²) in [5.41, 5.74) is 2.63. The lowest BCUT2D eigenvalue weighted by Gasteiger charge is -2.36. The number of anilines is 2. The van der Waals surface area contributed by atoms with Crippen LogP contribution >= 0.6 is 0 Å². The number of piperazine rings is 1. The van der Waals surface area contributed by atoms with Gasteiger partial charge in [0.05, 0.1) is 19.9 Å². The van der Waals surface area contributed by atoms with Crippen LogP contribution in [0.5, 0.6) is 11.5 Å². The lowest BCUT2D eigenvalue weighted by molar-refractivity contribution is 0.208. The van der Waals surface area contributed by atoms with Gasteiger partial charge in [-0.15, -0.1) is 0 Å². The van der Waals surface area contributed by atoms with E-state index < -0.39 is 0 Å². The third-order valence-electron chi connectivity index (χ3n) is 5.64. The fourth-order valence-electron chi connectivity index (χ4n) is 3.67. The summed E-state index contributed by atoms with van der Waals surface area (Å²) in [6.07, 6.45) is 0. The molecule has 1 aliphatic rings. The summed E-state index contributed by atoms with van der Waals surface area (Å²) in [7, 11) is 3.16. The van der Waals surface area contributed by atoms with Gasteiger partial charge in [-0.2, -0.15) is 4.98 Å². The summed E-state index contributed by atoms with van der Waals surface area (Å²) in [6.45, 7) is 6.77. The van der Waals surface area contributed by atoms with E-state index in [1.165, 1.54) is 0 Å². The van der Waals surface area contributed by atoms with E-state index >= 15 is 0 Å². The van der Waals surface area contributed by atoms with Gasteiger partial charge < -0.3 is 29.1 Å². The van der Waals surface area contributed by atoms with Crippen LogP contribution in [0.15, 0.2) is 47.0 Å². The summed E-state index contributed by atoms with van der Waals surface area (Å²) in [6, 6.07) is 13.3. The Bertz CT molecular complexity index is 1090. The molecule has 4 rings (SSSR count). The van der Waals surface area contributed by atoms with E-state index in [9.17, 15) is 4.79 Å². The summed E-state index contributed by atoms with van der Waals surface area (Å²) in [5.74, 6) is 2.66. The van der Waals surface area contributed by atoms with Crippen LogP contribution in [0.4, 0.5) is 16.2 Å². The van der Waals surface area contributed by atoms with Crippen molar-refractivity contribution in [1.82, 2.24) is 15.0 Å². The Morgan fingerprint density at radius 3 is 2.36 bits per heavy atom. The summed E-state index contributed by atoms with van der Waals surface area (Å²) < 4.78 is 15.9. The van der Waals surface area contributed by atoms with Gasteiger partial charge >= 0.3 is 6.03 Å². The van der Waals surface area contributed by atoms with Gasteiger partial charge in [-0.05, 0) is 36.4 Å². The Morgan fingerprint density at radius 2 is 1.76 bits per heavy atom. The van der Waals surface area contributed by atoms with E-state index in [0.717, 1.165) is 24.3 Å². The molecule has 2 heterocycles. The first kappa shape index (κ1) is 22.4. The lowest BCUT2D eigenvalue weighted by atomic mass is 10.1. The van der Waals surface area contributed by atoms with E-state index in [-0.39, 0.29) is 11.9 Å². The highest BCUT2D eigenvalue weighted by atomic mass is 16.5. The minimum Gasteiger partial charge on any atom is -0.497 e. The van der Waals surface area contributed by atoms with Crippen LogP contribution in [-0.2, 0) is 0 Å². The molecule has 1 aromatic heterocycles. The highest BCUT2D eigenvalue weighted by molar-refractivity contribution is 5.91. The van der Waals surface area contributed by atoms with Crippen LogP contribution in [0.25, 0.3) is 11.4 Å². The molecule has 1 fully saturated rings. The molecule has 9 nitrogen and oxygen atoms in total. The maximum absolute atomic E-state index is 12.8. The van der Waals surface area contributed by atoms with Gasteiger partial charge in [-0.1, -0.05) is 19.0 Å². The van der Waals surface area contributed by atoms with Crippen molar-refractivity contribution in [3.8, 4) is 22.9 Å². The molecule has 1 aliphatic heterocycles. The van der Waals surface area contributed by atoms with Gasteiger partial charge in [0.2, 0.25) is 11.7 Å². The second-order valence-corrected chi connectivity index (χ2v) is 8.13. The van der Waals surface area contributed by atoms with Gasteiger partial charge in [-0.3, -0.25) is 0 Å². The average molecular weight is 452 g/mol. The number of rotatable bonds is 6. The lowest BCUT2D eigenvalue weighted by Crippen LogP contribution is -2.50. The van der Waals surface area contributed by atoms with Gasteiger partial charge in [0.15, 0.2) is 0 Å². The van der Waals surface area contributed by atoms with Crippen molar-refractivity contribution in [2.75, 3.05) is 50.6 Å². The van der Waals surface area contributed by atoms with Crippen LogP contribution in [0, 0.1) is 0 Å². The Hall–Kier alpha value is -3.75. The van der Waals surface area contributed by atoms with Crippen molar-refractivity contribution in [2.24, 2.45) is 0 Å². The molecule has 3 aromatic rings. The molecule has 0 radical (unpaired) electrons. The highest BCUT2D eigenvalue weighted by Crippen LogP contribution is 2.29. The first-order chi connectivity index (χ1) is 16.0. The van der Waals surface area contributed by atoms with E-state index in [4.69, 9.17) is 14.0 Å². The van der Waals surface area contributed by atoms with E-state index in [1.807, 2.05) is 26.0 Å². The zero-order chi connectivity index (χ0) is 23.4. The topological polar surface area (TPSA) is 93.0 Å². The quantitative estimate of drug-likeness (QED) is 0.599. The molecule has 2 amide bonds. The maximum atomic E-state index is 12.8. The van der Waals surface area contributed by atoms with Crippen LogP contribution < -0.4 is 19.7 Å². The molecule has 0 atom stereocenters. The van der Waals surface area contributed by atoms with Crippen molar-refractivity contribution >= 4 is 17.4 Å². The van der Waals surface area contributed by atoms with Crippen molar-refractivity contribution in [1.29, 1.82) is 0 Å². The Morgan fingerprint density at radius 1 is 1.03 bits per heavy atom. The Labute approximate surface area is 193 Å². The largest absolute Gasteiger partial charge is 0.497 e. The van der Waals surface area contributed by atoms with Crippen molar-refractivity contribution in [2.45, 2.75) is 19.8 Å². The number of ether oxygens (including phenoxy) is 2. The molecular weight excluding hydrogens is 422 g/mol. The Kier molecular flexibility index (Phi) is 6.67. The minimum absolute atomic E-state index is 0.147. The van der Waals surface area contributed by atoms with Crippen molar-refractivity contribution in [3.63, 3.8) is 0 Å².